The lowest BCUT2D eigenvalue weighted by molar-refractivity contribution is 0.0943. The van der Waals surface area contributed by atoms with Gasteiger partial charge in [-0.1, -0.05) is 6.92 Å². The lowest BCUT2D eigenvalue weighted by atomic mass is 9.97. The van der Waals surface area contributed by atoms with Crippen LogP contribution in [0.3, 0.4) is 0 Å². The average molecular weight is 442 g/mol. The summed E-state index contributed by atoms with van der Waals surface area (Å²) in [6.45, 7) is 7.75. The van der Waals surface area contributed by atoms with Crippen molar-refractivity contribution in [2.75, 3.05) is 43.1 Å². The Morgan fingerprint density at radius 1 is 1.09 bits per heavy atom. The van der Waals surface area contributed by atoms with Gasteiger partial charge in [-0.05, 0) is 74.6 Å². The van der Waals surface area contributed by atoms with Gasteiger partial charge in [-0.2, -0.15) is 0 Å². The highest BCUT2D eigenvalue weighted by Crippen LogP contribution is 2.29. The fourth-order valence-corrected chi connectivity index (χ4v) is 3.74. The predicted molar refractivity (Wildman–Crippen MR) is 125 cm³/mol. The van der Waals surface area contributed by atoms with Crippen LogP contribution >= 0.6 is 0 Å². The van der Waals surface area contributed by atoms with Crippen molar-refractivity contribution < 1.29 is 18.7 Å². The number of piperidine rings is 1. The molecule has 0 aliphatic carbocycles. The van der Waals surface area contributed by atoms with Crippen molar-refractivity contribution in [3.05, 3.63) is 59.4 Å². The summed E-state index contributed by atoms with van der Waals surface area (Å²) in [5, 5.41) is 5.78. The molecule has 1 aliphatic rings. The number of carbonyl (C=O) groups excluding carboxylic acids is 2. The molecule has 1 saturated heterocycles. The molecule has 172 valence electrons. The normalized spacial score (nSPS) is 14.3. The Balaban J connectivity index is 1.77. The summed E-state index contributed by atoms with van der Waals surface area (Å²) in [4.78, 5) is 27.8. The van der Waals surface area contributed by atoms with E-state index in [2.05, 4.69) is 22.5 Å². The number of halogens is 1. The maximum absolute atomic E-state index is 13.1. The quantitative estimate of drug-likeness (QED) is 0.564. The molecule has 3 rings (SSSR count). The summed E-state index contributed by atoms with van der Waals surface area (Å²) >= 11 is 0. The number of benzene rings is 2. The first-order chi connectivity index (χ1) is 15.5. The molecule has 0 aromatic heterocycles. The maximum Gasteiger partial charge on any atom is 0.255 e. The molecule has 1 heterocycles. The standard InChI is InChI=1S/C25H32FN3O3/c1-3-32-16-4-13-27-25(31)22-17-21(28-24(30)19-5-7-20(26)8-6-19)9-10-23(22)29-14-11-18(2)12-15-29/h5-10,17-18H,3-4,11-16H2,1-2H3,(H,27,31)(H,28,30). The van der Waals surface area contributed by atoms with Gasteiger partial charge in [0.15, 0.2) is 0 Å². The summed E-state index contributed by atoms with van der Waals surface area (Å²) in [6, 6.07) is 10.8. The number of anilines is 2. The summed E-state index contributed by atoms with van der Waals surface area (Å²) in [5.74, 6) is -0.248. The van der Waals surface area contributed by atoms with Crippen LogP contribution in [-0.2, 0) is 4.74 Å². The smallest absolute Gasteiger partial charge is 0.255 e. The van der Waals surface area contributed by atoms with Gasteiger partial charge >= 0.3 is 0 Å². The molecule has 2 aromatic rings. The molecule has 0 atom stereocenters. The third kappa shape index (κ3) is 6.53. The highest BCUT2D eigenvalue weighted by Gasteiger charge is 2.22. The molecule has 7 heteroatoms. The molecule has 1 aliphatic heterocycles. The summed E-state index contributed by atoms with van der Waals surface area (Å²) < 4.78 is 18.5. The van der Waals surface area contributed by atoms with E-state index in [9.17, 15) is 14.0 Å². The first-order valence-electron chi connectivity index (χ1n) is 11.3. The van der Waals surface area contributed by atoms with Gasteiger partial charge < -0.3 is 20.3 Å². The monoisotopic (exact) mass is 441 g/mol. The molecule has 0 radical (unpaired) electrons. The number of carbonyl (C=O) groups is 2. The molecule has 0 spiro atoms. The lowest BCUT2D eigenvalue weighted by Gasteiger charge is -2.33. The molecule has 2 aromatic carbocycles. The minimum atomic E-state index is -0.398. The third-order valence-corrected chi connectivity index (χ3v) is 5.68. The minimum absolute atomic E-state index is 0.173. The second kappa shape index (κ2) is 11.6. The number of amides is 2. The minimum Gasteiger partial charge on any atom is -0.382 e. The highest BCUT2D eigenvalue weighted by molar-refractivity contribution is 6.06. The van der Waals surface area contributed by atoms with E-state index >= 15 is 0 Å². The number of hydrogen-bond donors (Lipinski definition) is 2. The van der Waals surface area contributed by atoms with Gasteiger partial charge in [0.1, 0.15) is 5.82 Å². The zero-order valence-electron chi connectivity index (χ0n) is 18.8. The molecular weight excluding hydrogens is 409 g/mol. The molecule has 2 N–H and O–H groups in total. The first-order valence-corrected chi connectivity index (χ1v) is 11.3. The highest BCUT2D eigenvalue weighted by atomic mass is 19.1. The van der Waals surface area contributed by atoms with Crippen LogP contribution in [0.1, 0.15) is 53.8 Å². The fourth-order valence-electron chi connectivity index (χ4n) is 3.74. The summed E-state index contributed by atoms with van der Waals surface area (Å²) in [5.41, 5.74) is 2.28. The summed E-state index contributed by atoms with van der Waals surface area (Å²) in [6.07, 6.45) is 2.90. The van der Waals surface area contributed by atoms with Gasteiger partial charge in [0.05, 0.1) is 5.56 Å². The van der Waals surface area contributed by atoms with Gasteiger partial charge in [-0.25, -0.2) is 4.39 Å². The average Bonchev–Trinajstić information content (AvgIpc) is 2.80. The van der Waals surface area contributed by atoms with Crippen LogP contribution in [0.25, 0.3) is 0 Å². The second-order valence-corrected chi connectivity index (χ2v) is 8.17. The molecule has 0 bridgehead atoms. The molecule has 0 unspecified atom stereocenters. The van der Waals surface area contributed by atoms with E-state index in [1.807, 2.05) is 13.0 Å². The molecular formula is C25H32FN3O3. The van der Waals surface area contributed by atoms with Gasteiger partial charge in [-0.3, -0.25) is 9.59 Å². The Bertz CT molecular complexity index is 909. The number of rotatable bonds is 9. The Hall–Kier alpha value is -2.93. The summed E-state index contributed by atoms with van der Waals surface area (Å²) in [7, 11) is 0. The Morgan fingerprint density at radius 2 is 1.81 bits per heavy atom. The Kier molecular flexibility index (Phi) is 8.62. The van der Waals surface area contributed by atoms with E-state index in [0.29, 0.717) is 42.5 Å². The van der Waals surface area contributed by atoms with Gasteiger partial charge in [0, 0.05) is 49.8 Å². The van der Waals surface area contributed by atoms with Crippen molar-refractivity contribution in [1.29, 1.82) is 0 Å². The second-order valence-electron chi connectivity index (χ2n) is 8.17. The predicted octanol–water partition coefficient (Wildman–Crippen LogP) is 4.47. The Morgan fingerprint density at radius 3 is 2.50 bits per heavy atom. The van der Waals surface area contributed by atoms with Crippen LogP contribution in [-0.4, -0.2) is 44.7 Å². The van der Waals surface area contributed by atoms with Crippen molar-refractivity contribution in [2.24, 2.45) is 5.92 Å². The molecule has 6 nitrogen and oxygen atoms in total. The van der Waals surface area contributed by atoms with Crippen molar-refractivity contribution in [3.8, 4) is 0 Å². The third-order valence-electron chi connectivity index (χ3n) is 5.68. The maximum atomic E-state index is 13.1. The van der Waals surface area contributed by atoms with Crippen LogP contribution in [0.2, 0.25) is 0 Å². The van der Waals surface area contributed by atoms with Crippen molar-refractivity contribution >= 4 is 23.2 Å². The molecule has 0 saturated carbocycles. The van der Waals surface area contributed by atoms with Crippen LogP contribution < -0.4 is 15.5 Å². The van der Waals surface area contributed by atoms with Crippen molar-refractivity contribution in [1.82, 2.24) is 5.32 Å². The zero-order chi connectivity index (χ0) is 22.9. The fraction of sp³-hybridized carbons (Fsp3) is 0.440. The molecule has 2 amide bonds. The molecule has 1 fully saturated rings. The zero-order valence-corrected chi connectivity index (χ0v) is 18.8. The van der Waals surface area contributed by atoms with Crippen LogP contribution in [0.4, 0.5) is 15.8 Å². The Labute approximate surface area is 189 Å². The van der Waals surface area contributed by atoms with Crippen molar-refractivity contribution in [3.63, 3.8) is 0 Å². The van der Waals surface area contributed by atoms with Crippen LogP contribution in [0.15, 0.2) is 42.5 Å². The number of hydrogen-bond acceptors (Lipinski definition) is 4. The largest absolute Gasteiger partial charge is 0.382 e. The topological polar surface area (TPSA) is 70.7 Å². The number of nitrogens with zero attached hydrogens (tertiary/aromatic N) is 1. The first kappa shape index (κ1) is 23.7. The van der Waals surface area contributed by atoms with Crippen molar-refractivity contribution in [2.45, 2.75) is 33.1 Å². The van der Waals surface area contributed by atoms with Gasteiger partial charge in [0.25, 0.3) is 11.8 Å². The van der Waals surface area contributed by atoms with Gasteiger partial charge in [-0.15, -0.1) is 0 Å². The van der Waals surface area contributed by atoms with E-state index in [1.54, 1.807) is 12.1 Å². The van der Waals surface area contributed by atoms with E-state index in [4.69, 9.17) is 4.74 Å². The molecule has 32 heavy (non-hydrogen) atoms. The van der Waals surface area contributed by atoms with E-state index in [0.717, 1.165) is 38.0 Å². The SMILES string of the molecule is CCOCCCNC(=O)c1cc(NC(=O)c2ccc(F)cc2)ccc1N1CCC(C)CC1. The lowest BCUT2D eigenvalue weighted by Crippen LogP contribution is -2.35. The van der Waals surface area contributed by atoms with E-state index < -0.39 is 5.82 Å². The van der Waals surface area contributed by atoms with Gasteiger partial charge in [0.2, 0.25) is 0 Å². The number of ether oxygens (including phenoxy) is 1. The van der Waals surface area contributed by atoms with E-state index in [1.165, 1.54) is 24.3 Å². The van der Waals surface area contributed by atoms with Crippen LogP contribution in [0.5, 0.6) is 0 Å². The van der Waals surface area contributed by atoms with Crippen LogP contribution in [0, 0.1) is 11.7 Å². The number of nitrogens with one attached hydrogen (secondary N) is 2. The van der Waals surface area contributed by atoms with E-state index in [-0.39, 0.29) is 11.8 Å².